The Kier molecular flexibility index (Phi) is 22.5. The lowest BCUT2D eigenvalue weighted by Crippen LogP contribution is -2.32. The molecule has 0 fully saturated rings. The van der Waals surface area contributed by atoms with E-state index in [1.54, 1.807) is 0 Å². The number of rotatable bonds is 17. The number of hydrogen-bond donors (Lipinski definition) is 1. The minimum atomic E-state index is 0. The first kappa shape index (κ1) is 26.0. The molecule has 1 amide bonds. The van der Waals surface area contributed by atoms with E-state index in [-0.39, 0.29) is 12.4 Å². The molecule has 0 aromatic carbocycles. The number of carbonyl (C=O) groups is 1. The maximum atomic E-state index is 12.4. The van der Waals surface area contributed by atoms with Crippen LogP contribution >= 0.6 is 12.4 Å². The van der Waals surface area contributed by atoms with E-state index in [0.717, 1.165) is 45.3 Å². The fourth-order valence-corrected chi connectivity index (χ4v) is 2.90. The smallest absolute Gasteiger partial charge is 0.222 e. The third-order valence-corrected chi connectivity index (χ3v) is 4.51. The zero-order chi connectivity index (χ0) is 17.2. The number of amides is 1. The van der Waals surface area contributed by atoms with Crippen LogP contribution in [0.4, 0.5) is 0 Å². The van der Waals surface area contributed by atoms with Gasteiger partial charge >= 0.3 is 0 Å². The molecule has 3 nitrogen and oxygen atoms in total. The van der Waals surface area contributed by atoms with Gasteiger partial charge in [0.25, 0.3) is 0 Å². The molecule has 2 N–H and O–H groups in total. The van der Waals surface area contributed by atoms with Crippen molar-refractivity contribution in [2.75, 3.05) is 19.6 Å². The summed E-state index contributed by atoms with van der Waals surface area (Å²) in [5, 5.41) is 0. The molecule has 0 spiro atoms. The van der Waals surface area contributed by atoms with Gasteiger partial charge in [0.05, 0.1) is 0 Å². The number of carbonyl (C=O) groups excluding carboxylic acids is 1. The van der Waals surface area contributed by atoms with Crippen LogP contribution in [-0.2, 0) is 4.79 Å². The minimum Gasteiger partial charge on any atom is -0.343 e. The number of nitrogens with zero attached hydrogens (tertiary/aromatic N) is 1. The van der Waals surface area contributed by atoms with Crippen LogP contribution < -0.4 is 5.73 Å². The fourth-order valence-electron chi connectivity index (χ4n) is 2.90. The zero-order valence-corrected chi connectivity index (χ0v) is 17.2. The molecule has 0 aliphatic carbocycles. The molecule has 0 rings (SSSR count). The van der Waals surface area contributed by atoms with E-state index in [0.29, 0.717) is 5.91 Å². The highest BCUT2D eigenvalue weighted by molar-refractivity contribution is 5.85. The van der Waals surface area contributed by atoms with Crippen molar-refractivity contribution in [3.63, 3.8) is 0 Å². The van der Waals surface area contributed by atoms with Crippen molar-refractivity contribution in [1.82, 2.24) is 4.90 Å². The van der Waals surface area contributed by atoms with Gasteiger partial charge in [-0.25, -0.2) is 0 Å². The Labute approximate surface area is 157 Å². The predicted molar refractivity (Wildman–Crippen MR) is 109 cm³/mol. The molecule has 0 aromatic heterocycles. The second-order valence-corrected chi connectivity index (χ2v) is 6.81. The van der Waals surface area contributed by atoms with Crippen molar-refractivity contribution in [2.45, 2.75) is 104 Å². The van der Waals surface area contributed by atoms with E-state index < -0.39 is 0 Å². The van der Waals surface area contributed by atoms with Gasteiger partial charge in [0, 0.05) is 19.5 Å². The van der Waals surface area contributed by atoms with Crippen LogP contribution in [0.15, 0.2) is 0 Å². The molecule has 0 aliphatic rings. The summed E-state index contributed by atoms with van der Waals surface area (Å²) >= 11 is 0. The van der Waals surface area contributed by atoms with E-state index in [1.807, 2.05) is 0 Å². The van der Waals surface area contributed by atoms with Gasteiger partial charge in [-0.15, -0.1) is 12.4 Å². The average molecular weight is 363 g/mol. The second-order valence-electron chi connectivity index (χ2n) is 6.81. The Morgan fingerprint density at radius 3 is 1.83 bits per heavy atom. The molecule has 0 aliphatic heterocycles. The van der Waals surface area contributed by atoms with Gasteiger partial charge in [-0.2, -0.15) is 0 Å². The SMILES string of the molecule is CCCCCCCCN(CCCC)C(=O)CCCCCCCN.Cl. The highest BCUT2D eigenvalue weighted by Gasteiger charge is 2.12. The van der Waals surface area contributed by atoms with E-state index in [4.69, 9.17) is 5.73 Å². The summed E-state index contributed by atoms with van der Waals surface area (Å²) in [6.07, 6.45) is 16.6. The first-order valence-corrected chi connectivity index (χ1v) is 10.2. The summed E-state index contributed by atoms with van der Waals surface area (Å²) in [7, 11) is 0. The summed E-state index contributed by atoms with van der Waals surface area (Å²) < 4.78 is 0. The lowest BCUT2D eigenvalue weighted by molar-refractivity contribution is -0.131. The Bertz CT molecular complexity index is 262. The van der Waals surface area contributed by atoms with Gasteiger partial charge in [0.1, 0.15) is 0 Å². The van der Waals surface area contributed by atoms with Crippen LogP contribution in [0.1, 0.15) is 104 Å². The normalized spacial score (nSPS) is 10.5. The zero-order valence-electron chi connectivity index (χ0n) is 16.4. The minimum absolute atomic E-state index is 0. The largest absolute Gasteiger partial charge is 0.343 e. The van der Waals surface area contributed by atoms with Crippen molar-refractivity contribution in [1.29, 1.82) is 0 Å². The lowest BCUT2D eigenvalue weighted by atomic mass is 10.1. The van der Waals surface area contributed by atoms with Crippen LogP contribution in [0.2, 0.25) is 0 Å². The van der Waals surface area contributed by atoms with Crippen molar-refractivity contribution >= 4 is 18.3 Å². The molecule has 0 aromatic rings. The fraction of sp³-hybridized carbons (Fsp3) is 0.950. The molecule has 0 saturated heterocycles. The number of halogens is 1. The van der Waals surface area contributed by atoms with E-state index >= 15 is 0 Å². The van der Waals surface area contributed by atoms with E-state index in [2.05, 4.69) is 18.7 Å². The third-order valence-electron chi connectivity index (χ3n) is 4.51. The summed E-state index contributed by atoms with van der Waals surface area (Å²) in [6.45, 7) is 7.17. The Morgan fingerprint density at radius 1 is 0.708 bits per heavy atom. The monoisotopic (exact) mass is 362 g/mol. The van der Waals surface area contributed by atoms with Crippen LogP contribution in [0, 0.1) is 0 Å². The molecular weight excluding hydrogens is 320 g/mol. The summed E-state index contributed by atoms with van der Waals surface area (Å²) in [6, 6.07) is 0. The number of nitrogens with two attached hydrogens (primary N) is 1. The van der Waals surface area contributed by atoms with Gasteiger partial charge in [0.2, 0.25) is 5.91 Å². The van der Waals surface area contributed by atoms with E-state index in [1.165, 1.54) is 64.2 Å². The van der Waals surface area contributed by atoms with Gasteiger partial charge in [-0.05, 0) is 32.2 Å². The van der Waals surface area contributed by atoms with Gasteiger partial charge in [-0.3, -0.25) is 4.79 Å². The number of hydrogen-bond acceptors (Lipinski definition) is 2. The molecule has 146 valence electrons. The molecule has 24 heavy (non-hydrogen) atoms. The summed E-state index contributed by atoms with van der Waals surface area (Å²) in [5.74, 6) is 0.380. The Hall–Kier alpha value is -0.280. The average Bonchev–Trinajstić information content (AvgIpc) is 2.56. The van der Waals surface area contributed by atoms with Crippen LogP contribution in [0.5, 0.6) is 0 Å². The lowest BCUT2D eigenvalue weighted by Gasteiger charge is -2.22. The highest BCUT2D eigenvalue weighted by Crippen LogP contribution is 2.10. The first-order chi connectivity index (χ1) is 11.3. The Balaban J connectivity index is 0. The third kappa shape index (κ3) is 16.6. The van der Waals surface area contributed by atoms with Crippen molar-refractivity contribution in [3.05, 3.63) is 0 Å². The quantitative estimate of drug-likeness (QED) is 0.337. The molecule has 4 heteroatoms. The highest BCUT2D eigenvalue weighted by atomic mass is 35.5. The Morgan fingerprint density at radius 2 is 1.21 bits per heavy atom. The molecule has 0 saturated carbocycles. The molecule has 0 atom stereocenters. The summed E-state index contributed by atoms with van der Waals surface area (Å²) in [4.78, 5) is 14.5. The maximum absolute atomic E-state index is 12.4. The second kappa shape index (κ2) is 20.8. The van der Waals surface area contributed by atoms with Crippen LogP contribution in [0.3, 0.4) is 0 Å². The van der Waals surface area contributed by atoms with Gasteiger partial charge in [-0.1, -0.05) is 71.6 Å². The van der Waals surface area contributed by atoms with Crippen molar-refractivity contribution in [2.24, 2.45) is 5.73 Å². The van der Waals surface area contributed by atoms with Crippen molar-refractivity contribution < 1.29 is 4.79 Å². The predicted octanol–water partition coefficient (Wildman–Crippen LogP) is 5.70. The van der Waals surface area contributed by atoms with Crippen molar-refractivity contribution in [3.8, 4) is 0 Å². The molecule has 0 unspecified atom stereocenters. The van der Waals surface area contributed by atoms with Crippen LogP contribution in [-0.4, -0.2) is 30.4 Å². The molecular formula is C20H43ClN2O. The summed E-state index contributed by atoms with van der Waals surface area (Å²) in [5.41, 5.74) is 5.50. The topological polar surface area (TPSA) is 46.3 Å². The maximum Gasteiger partial charge on any atom is 0.222 e. The molecule has 0 bridgehead atoms. The standard InChI is InChI=1S/C20H42N2O.ClH/c1-3-5-7-8-12-15-19-22(18-6-4-2)20(23)16-13-10-9-11-14-17-21;/h3-19,21H2,1-2H3;1H. The molecule has 0 heterocycles. The van der Waals surface area contributed by atoms with Crippen LogP contribution in [0.25, 0.3) is 0 Å². The first-order valence-electron chi connectivity index (χ1n) is 10.2. The molecule has 0 radical (unpaired) electrons. The van der Waals surface area contributed by atoms with Gasteiger partial charge in [0.15, 0.2) is 0 Å². The van der Waals surface area contributed by atoms with Gasteiger partial charge < -0.3 is 10.6 Å². The number of unbranched alkanes of at least 4 members (excludes halogenated alkanes) is 10. The van der Waals surface area contributed by atoms with E-state index in [9.17, 15) is 4.79 Å².